The van der Waals surface area contributed by atoms with E-state index in [2.05, 4.69) is 11.1 Å². The minimum atomic E-state index is -0.0995. The average Bonchev–Trinajstić information content (AvgIpc) is 3.24. The molecule has 5 heteroatoms. The molecule has 2 aromatic carbocycles. The number of nitriles is 1. The van der Waals surface area contributed by atoms with Gasteiger partial charge in [-0.2, -0.15) is 5.26 Å². The van der Waals surface area contributed by atoms with Gasteiger partial charge in [0.05, 0.1) is 22.2 Å². The predicted octanol–water partition coefficient (Wildman–Crippen LogP) is 4.84. The highest BCUT2D eigenvalue weighted by atomic mass is 32.1. The van der Waals surface area contributed by atoms with Crippen molar-refractivity contribution in [1.29, 1.82) is 5.26 Å². The first kappa shape index (κ1) is 14.9. The molecule has 0 aliphatic heterocycles. The van der Waals surface area contributed by atoms with Crippen molar-refractivity contribution < 1.29 is 0 Å². The van der Waals surface area contributed by atoms with Crippen LogP contribution in [0.3, 0.4) is 0 Å². The van der Waals surface area contributed by atoms with Gasteiger partial charge in [-0.3, -0.25) is 9.20 Å². The number of hydrogen-bond donors (Lipinski definition) is 1. The molecule has 0 bridgehead atoms. The van der Waals surface area contributed by atoms with Crippen LogP contribution in [0.4, 0.5) is 0 Å². The van der Waals surface area contributed by atoms with Crippen LogP contribution in [0.25, 0.3) is 37.9 Å². The number of nitrogens with zero attached hydrogens (tertiary/aromatic N) is 2. The zero-order valence-corrected chi connectivity index (χ0v) is 14.7. The van der Waals surface area contributed by atoms with E-state index in [1.165, 1.54) is 0 Å². The van der Waals surface area contributed by atoms with Crippen LogP contribution in [0.5, 0.6) is 0 Å². The molecule has 0 unspecified atom stereocenters. The lowest BCUT2D eigenvalue weighted by molar-refractivity contribution is 1.13. The fourth-order valence-electron chi connectivity index (χ4n) is 3.66. The highest BCUT2D eigenvalue weighted by Gasteiger charge is 2.21. The van der Waals surface area contributed by atoms with Gasteiger partial charge >= 0.3 is 0 Å². The average molecular weight is 355 g/mol. The SMILES string of the molecule is Cc1c(-c2csc3ccccc23)c(=O)n2c([nH]c3ccccc32)c1C#N. The predicted molar refractivity (Wildman–Crippen MR) is 106 cm³/mol. The zero-order valence-electron chi connectivity index (χ0n) is 13.9. The Kier molecular flexibility index (Phi) is 3.05. The highest BCUT2D eigenvalue weighted by Crippen LogP contribution is 2.35. The number of pyridine rings is 1. The van der Waals surface area contributed by atoms with Crippen molar-refractivity contribution in [2.24, 2.45) is 0 Å². The third-order valence-corrected chi connectivity index (χ3v) is 5.85. The lowest BCUT2D eigenvalue weighted by Crippen LogP contribution is -2.18. The van der Waals surface area contributed by atoms with Gasteiger partial charge in [-0.1, -0.05) is 30.3 Å². The van der Waals surface area contributed by atoms with Crippen molar-refractivity contribution >= 4 is 38.1 Å². The van der Waals surface area contributed by atoms with E-state index in [4.69, 9.17) is 0 Å². The van der Waals surface area contributed by atoms with E-state index < -0.39 is 0 Å². The molecule has 0 aliphatic carbocycles. The normalized spacial score (nSPS) is 11.4. The smallest absolute Gasteiger partial charge is 0.265 e. The molecule has 1 N–H and O–H groups in total. The van der Waals surface area contributed by atoms with Crippen LogP contribution < -0.4 is 5.56 Å². The van der Waals surface area contributed by atoms with Crippen molar-refractivity contribution in [1.82, 2.24) is 9.38 Å². The molecule has 0 amide bonds. The number of thiophene rings is 1. The number of H-pyrrole nitrogens is 1. The van der Waals surface area contributed by atoms with Gasteiger partial charge in [-0.05, 0) is 30.7 Å². The van der Waals surface area contributed by atoms with E-state index in [9.17, 15) is 10.1 Å². The summed E-state index contributed by atoms with van der Waals surface area (Å²) in [6.07, 6.45) is 0. The summed E-state index contributed by atoms with van der Waals surface area (Å²) < 4.78 is 2.76. The topological polar surface area (TPSA) is 61.1 Å². The molecule has 26 heavy (non-hydrogen) atoms. The third-order valence-electron chi connectivity index (χ3n) is 4.89. The Bertz CT molecular complexity index is 1430. The Morgan fingerprint density at radius 3 is 2.73 bits per heavy atom. The number of hydrogen-bond acceptors (Lipinski definition) is 3. The van der Waals surface area contributed by atoms with Crippen LogP contribution in [-0.2, 0) is 0 Å². The Morgan fingerprint density at radius 2 is 1.88 bits per heavy atom. The second-order valence-corrected chi connectivity index (χ2v) is 7.17. The molecule has 124 valence electrons. The summed E-state index contributed by atoms with van der Waals surface area (Å²) >= 11 is 1.61. The van der Waals surface area contributed by atoms with E-state index >= 15 is 0 Å². The number of aromatic nitrogens is 2. The van der Waals surface area contributed by atoms with Gasteiger partial charge in [0.1, 0.15) is 11.7 Å². The number of para-hydroxylation sites is 2. The van der Waals surface area contributed by atoms with Gasteiger partial charge in [0.25, 0.3) is 5.56 Å². The lowest BCUT2D eigenvalue weighted by atomic mass is 9.98. The van der Waals surface area contributed by atoms with Crippen molar-refractivity contribution in [2.75, 3.05) is 0 Å². The first-order valence-corrected chi connectivity index (χ1v) is 9.11. The van der Waals surface area contributed by atoms with Gasteiger partial charge in [0.2, 0.25) is 0 Å². The molecular formula is C21H13N3OS. The number of imidazole rings is 1. The fourth-order valence-corrected chi connectivity index (χ4v) is 4.62. The number of rotatable bonds is 1. The van der Waals surface area contributed by atoms with E-state index in [-0.39, 0.29) is 5.56 Å². The zero-order chi connectivity index (χ0) is 17.8. The maximum atomic E-state index is 13.5. The summed E-state index contributed by atoms with van der Waals surface area (Å²) in [6, 6.07) is 17.9. The molecule has 0 aliphatic rings. The fraction of sp³-hybridized carbons (Fsp3) is 0.0476. The molecule has 5 aromatic rings. The van der Waals surface area contributed by atoms with Gasteiger partial charge < -0.3 is 4.98 Å². The molecule has 5 rings (SSSR count). The number of aromatic amines is 1. The molecular weight excluding hydrogens is 342 g/mol. The summed E-state index contributed by atoms with van der Waals surface area (Å²) in [5, 5.41) is 12.8. The maximum absolute atomic E-state index is 13.5. The molecule has 3 heterocycles. The molecule has 0 saturated carbocycles. The van der Waals surface area contributed by atoms with Crippen molar-refractivity contribution in [3.05, 3.63) is 75.4 Å². The van der Waals surface area contributed by atoms with Crippen molar-refractivity contribution in [3.8, 4) is 17.2 Å². The van der Waals surface area contributed by atoms with E-state index in [0.717, 1.165) is 26.7 Å². The van der Waals surface area contributed by atoms with E-state index in [1.807, 2.05) is 60.8 Å². The van der Waals surface area contributed by atoms with Crippen molar-refractivity contribution in [2.45, 2.75) is 6.92 Å². The second kappa shape index (κ2) is 5.32. The summed E-state index contributed by atoms with van der Waals surface area (Å²) in [7, 11) is 0. The Morgan fingerprint density at radius 1 is 1.12 bits per heavy atom. The molecule has 0 spiro atoms. The van der Waals surface area contributed by atoms with Crippen LogP contribution in [-0.4, -0.2) is 9.38 Å². The second-order valence-electron chi connectivity index (χ2n) is 6.26. The molecule has 4 nitrogen and oxygen atoms in total. The molecule has 0 radical (unpaired) electrons. The van der Waals surface area contributed by atoms with E-state index in [1.54, 1.807) is 15.7 Å². The lowest BCUT2D eigenvalue weighted by Gasteiger charge is -2.08. The maximum Gasteiger partial charge on any atom is 0.265 e. The Labute approximate surface area is 152 Å². The van der Waals surface area contributed by atoms with Gasteiger partial charge in [-0.25, -0.2) is 0 Å². The van der Waals surface area contributed by atoms with Crippen LogP contribution in [0.15, 0.2) is 58.7 Å². The third kappa shape index (κ3) is 1.85. The highest BCUT2D eigenvalue weighted by molar-refractivity contribution is 7.17. The first-order chi connectivity index (χ1) is 12.7. The molecule has 0 saturated heterocycles. The van der Waals surface area contributed by atoms with Crippen LogP contribution >= 0.6 is 11.3 Å². The minimum absolute atomic E-state index is 0.0995. The van der Waals surface area contributed by atoms with Crippen LogP contribution in [0.1, 0.15) is 11.1 Å². The number of benzene rings is 2. The Balaban J connectivity index is 2.03. The molecule has 3 aromatic heterocycles. The van der Waals surface area contributed by atoms with Crippen molar-refractivity contribution in [3.63, 3.8) is 0 Å². The van der Waals surface area contributed by atoms with Crippen LogP contribution in [0, 0.1) is 18.3 Å². The first-order valence-electron chi connectivity index (χ1n) is 8.23. The standard InChI is InChI=1S/C21H13N3OS/c1-12-14(10-22)20-23-16-7-3-4-8-17(16)24(20)21(25)19(12)15-11-26-18-9-5-2-6-13(15)18/h2-9,11,23H,1H3. The van der Waals surface area contributed by atoms with Gasteiger partial charge in [0.15, 0.2) is 0 Å². The minimum Gasteiger partial charge on any atom is -0.338 e. The number of fused-ring (bicyclic) bond motifs is 4. The molecule has 0 fully saturated rings. The number of nitrogens with one attached hydrogen (secondary N) is 1. The monoisotopic (exact) mass is 355 g/mol. The van der Waals surface area contributed by atoms with Gasteiger partial charge in [-0.15, -0.1) is 11.3 Å². The van der Waals surface area contributed by atoms with E-state index in [0.29, 0.717) is 22.3 Å². The Hall–Kier alpha value is -3.36. The summed E-state index contributed by atoms with van der Waals surface area (Å²) in [5.74, 6) is 0. The van der Waals surface area contributed by atoms with Gasteiger partial charge in [0, 0.05) is 21.0 Å². The quantitative estimate of drug-likeness (QED) is 0.467. The summed E-state index contributed by atoms with van der Waals surface area (Å²) in [4.78, 5) is 16.7. The van der Waals surface area contributed by atoms with Crippen LogP contribution in [0.2, 0.25) is 0 Å². The molecule has 0 atom stereocenters. The largest absolute Gasteiger partial charge is 0.338 e. The summed E-state index contributed by atoms with van der Waals surface area (Å²) in [6.45, 7) is 1.85. The summed E-state index contributed by atoms with van der Waals surface area (Å²) in [5.41, 5.74) is 4.79.